The van der Waals surface area contributed by atoms with Crippen molar-refractivity contribution >= 4 is 17.5 Å². The van der Waals surface area contributed by atoms with Gasteiger partial charge in [-0.3, -0.25) is 9.78 Å². The number of aryl methyl sites for hydroxylation is 1. The summed E-state index contributed by atoms with van der Waals surface area (Å²) in [5.41, 5.74) is 1.64. The number of carbonyl (C=O) groups excluding carboxylic acids is 1. The summed E-state index contributed by atoms with van der Waals surface area (Å²) in [4.78, 5) is 20.0. The first-order chi connectivity index (χ1) is 9.97. The minimum absolute atomic E-state index is 0.218. The van der Waals surface area contributed by atoms with Crippen LogP contribution < -0.4 is 5.32 Å². The van der Waals surface area contributed by atoms with Crippen LogP contribution in [0, 0.1) is 6.92 Å². The fourth-order valence-corrected chi connectivity index (χ4v) is 1.94. The molecule has 2 aromatic rings. The van der Waals surface area contributed by atoms with Crippen LogP contribution >= 0.6 is 11.6 Å². The number of nitrogens with zero attached hydrogens (tertiary/aromatic N) is 2. The fraction of sp³-hybridized carbons (Fsp3) is 0.267. The van der Waals surface area contributed by atoms with Gasteiger partial charge in [-0.05, 0) is 31.5 Å². The Morgan fingerprint density at radius 2 is 1.90 bits per heavy atom. The Labute approximate surface area is 128 Å². The lowest BCUT2D eigenvalue weighted by atomic mass is 10.0. The summed E-state index contributed by atoms with van der Waals surface area (Å²) >= 11 is 5.81. The third-order valence-corrected chi connectivity index (χ3v) is 3.31. The number of aliphatic hydroxyl groups is 1. The summed E-state index contributed by atoms with van der Waals surface area (Å²) < 4.78 is 0. The number of amides is 1. The second-order valence-electron chi connectivity index (χ2n) is 4.80. The largest absolute Gasteiger partial charge is 0.386 e. The van der Waals surface area contributed by atoms with Gasteiger partial charge >= 0.3 is 0 Å². The van der Waals surface area contributed by atoms with E-state index in [1.165, 1.54) is 12.4 Å². The molecule has 0 aliphatic heterocycles. The molecule has 6 heteroatoms. The molecular formula is C15H16ClN3O2. The summed E-state index contributed by atoms with van der Waals surface area (Å²) in [7, 11) is 0. The van der Waals surface area contributed by atoms with Crippen molar-refractivity contribution in [3.63, 3.8) is 0 Å². The molecule has 1 amide bonds. The zero-order valence-electron chi connectivity index (χ0n) is 11.7. The highest BCUT2D eigenvalue weighted by Crippen LogP contribution is 2.19. The summed E-state index contributed by atoms with van der Waals surface area (Å²) in [6, 6.07) is 6.37. The number of hydrogen-bond acceptors (Lipinski definition) is 4. The zero-order valence-corrected chi connectivity index (χ0v) is 12.5. The predicted molar refractivity (Wildman–Crippen MR) is 80.1 cm³/mol. The molecule has 2 unspecified atom stereocenters. The molecule has 0 radical (unpaired) electrons. The van der Waals surface area contributed by atoms with Crippen molar-refractivity contribution in [3.8, 4) is 0 Å². The van der Waals surface area contributed by atoms with E-state index in [1.807, 2.05) is 0 Å². The SMILES string of the molecule is Cc1cnc(C(=O)NC(C)C(O)c2ccc(Cl)cc2)cn1. The van der Waals surface area contributed by atoms with Crippen LogP contribution in [-0.2, 0) is 0 Å². The topological polar surface area (TPSA) is 75.1 Å². The van der Waals surface area contributed by atoms with E-state index in [4.69, 9.17) is 11.6 Å². The molecule has 0 aliphatic rings. The van der Waals surface area contributed by atoms with Crippen molar-refractivity contribution in [2.24, 2.45) is 0 Å². The van der Waals surface area contributed by atoms with E-state index >= 15 is 0 Å². The van der Waals surface area contributed by atoms with Gasteiger partial charge in [0.05, 0.1) is 24.0 Å². The third kappa shape index (κ3) is 4.00. The first-order valence-electron chi connectivity index (χ1n) is 6.50. The molecule has 21 heavy (non-hydrogen) atoms. The number of nitrogens with one attached hydrogen (secondary N) is 1. The molecule has 2 rings (SSSR count). The van der Waals surface area contributed by atoms with Gasteiger partial charge in [0.2, 0.25) is 0 Å². The van der Waals surface area contributed by atoms with Crippen LogP contribution in [0.15, 0.2) is 36.7 Å². The maximum atomic E-state index is 12.0. The average molecular weight is 306 g/mol. The van der Waals surface area contributed by atoms with E-state index in [0.717, 1.165) is 5.69 Å². The zero-order chi connectivity index (χ0) is 15.4. The molecule has 2 atom stereocenters. The van der Waals surface area contributed by atoms with Gasteiger partial charge < -0.3 is 10.4 Å². The summed E-state index contributed by atoms with van der Waals surface area (Å²) in [5.74, 6) is -0.372. The maximum Gasteiger partial charge on any atom is 0.271 e. The second kappa shape index (κ2) is 6.65. The summed E-state index contributed by atoms with van der Waals surface area (Å²) in [5, 5.41) is 13.5. The molecule has 2 N–H and O–H groups in total. The number of benzene rings is 1. The first kappa shape index (κ1) is 15.4. The lowest BCUT2D eigenvalue weighted by molar-refractivity contribution is 0.0847. The lowest BCUT2D eigenvalue weighted by Crippen LogP contribution is -2.37. The smallest absolute Gasteiger partial charge is 0.271 e. The highest BCUT2D eigenvalue weighted by atomic mass is 35.5. The highest BCUT2D eigenvalue weighted by Gasteiger charge is 2.19. The lowest BCUT2D eigenvalue weighted by Gasteiger charge is -2.20. The molecule has 0 saturated heterocycles. The molecule has 0 bridgehead atoms. The predicted octanol–water partition coefficient (Wildman–Crippen LogP) is 2.29. The van der Waals surface area contributed by atoms with E-state index in [2.05, 4.69) is 15.3 Å². The number of halogens is 1. The van der Waals surface area contributed by atoms with Gasteiger partial charge in [0.25, 0.3) is 5.91 Å². The molecule has 0 saturated carbocycles. The van der Waals surface area contributed by atoms with Crippen molar-refractivity contribution in [1.29, 1.82) is 0 Å². The molecule has 1 heterocycles. The van der Waals surface area contributed by atoms with Crippen molar-refractivity contribution in [3.05, 3.63) is 58.6 Å². The van der Waals surface area contributed by atoms with Crippen molar-refractivity contribution in [2.75, 3.05) is 0 Å². The molecule has 0 aliphatic carbocycles. The summed E-state index contributed by atoms with van der Waals surface area (Å²) in [6.07, 6.45) is 2.10. The van der Waals surface area contributed by atoms with Crippen LogP contribution in [0.25, 0.3) is 0 Å². The van der Waals surface area contributed by atoms with Gasteiger partial charge in [-0.2, -0.15) is 0 Å². The van der Waals surface area contributed by atoms with Crippen LogP contribution in [0.5, 0.6) is 0 Å². The highest BCUT2D eigenvalue weighted by molar-refractivity contribution is 6.30. The quantitative estimate of drug-likeness (QED) is 0.909. The Morgan fingerprint density at radius 1 is 1.24 bits per heavy atom. The van der Waals surface area contributed by atoms with Gasteiger partial charge in [-0.15, -0.1) is 0 Å². The van der Waals surface area contributed by atoms with Crippen LogP contribution in [-0.4, -0.2) is 27.0 Å². The van der Waals surface area contributed by atoms with Crippen molar-refractivity contribution < 1.29 is 9.90 Å². The standard InChI is InChI=1S/C15H16ClN3O2/c1-9-7-18-13(8-17-9)15(21)19-10(2)14(20)11-3-5-12(16)6-4-11/h3-8,10,14,20H,1-2H3,(H,19,21). The Morgan fingerprint density at radius 3 is 2.48 bits per heavy atom. The Balaban J connectivity index is 2.03. The van der Waals surface area contributed by atoms with Crippen LogP contribution in [0.1, 0.15) is 34.8 Å². The maximum absolute atomic E-state index is 12.0. The van der Waals surface area contributed by atoms with Crippen LogP contribution in [0.2, 0.25) is 5.02 Å². The Bertz CT molecular complexity index is 614. The molecule has 1 aromatic carbocycles. The van der Waals surface area contributed by atoms with E-state index < -0.39 is 12.1 Å². The molecule has 1 aromatic heterocycles. The van der Waals surface area contributed by atoms with Crippen molar-refractivity contribution in [2.45, 2.75) is 26.0 Å². The van der Waals surface area contributed by atoms with Crippen LogP contribution in [0.4, 0.5) is 0 Å². The van der Waals surface area contributed by atoms with E-state index in [-0.39, 0.29) is 11.6 Å². The summed E-state index contributed by atoms with van der Waals surface area (Å²) in [6.45, 7) is 3.51. The Kier molecular flexibility index (Phi) is 4.88. The molecular weight excluding hydrogens is 290 g/mol. The van der Waals surface area contributed by atoms with Gasteiger partial charge in [0.15, 0.2) is 0 Å². The number of rotatable bonds is 4. The molecule has 5 nitrogen and oxygen atoms in total. The fourth-order valence-electron chi connectivity index (χ4n) is 1.82. The molecule has 110 valence electrons. The Hall–Kier alpha value is -1.98. The van der Waals surface area contributed by atoms with Gasteiger partial charge in [-0.25, -0.2) is 4.98 Å². The van der Waals surface area contributed by atoms with Gasteiger partial charge in [0.1, 0.15) is 5.69 Å². The number of aromatic nitrogens is 2. The van der Waals surface area contributed by atoms with E-state index in [1.54, 1.807) is 38.1 Å². The minimum Gasteiger partial charge on any atom is -0.386 e. The number of hydrogen-bond donors (Lipinski definition) is 2. The van der Waals surface area contributed by atoms with E-state index in [0.29, 0.717) is 10.6 Å². The van der Waals surface area contributed by atoms with Crippen LogP contribution in [0.3, 0.4) is 0 Å². The van der Waals surface area contributed by atoms with E-state index in [9.17, 15) is 9.90 Å². The third-order valence-electron chi connectivity index (χ3n) is 3.06. The first-order valence-corrected chi connectivity index (χ1v) is 6.88. The number of carbonyl (C=O) groups is 1. The monoisotopic (exact) mass is 305 g/mol. The average Bonchev–Trinajstić information content (AvgIpc) is 2.47. The normalized spacial score (nSPS) is 13.5. The second-order valence-corrected chi connectivity index (χ2v) is 5.24. The number of aliphatic hydroxyl groups excluding tert-OH is 1. The van der Waals surface area contributed by atoms with Gasteiger partial charge in [0, 0.05) is 11.2 Å². The molecule has 0 spiro atoms. The van der Waals surface area contributed by atoms with Crippen molar-refractivity contribution in [1.82, 2.24) is 15.3 Å². The van der Waals surface area contributed by atoms with Gasteiger partial charge in [-0.1, -0.05) is 23.7 Å². The molecule has 0 fully saturated rings. The minimum atomic E-state index is -0.829.